The number of nitro groups is 1. The zero-order valence-corrected chi connectivity index (χ0v) is 11.9. The van der Waals surface area contributed by atoms with Crippen LogP contribution in [0.5, 0.6) is 0 Å². The number of non-ortho nitro benzene ring substituents is 1. The fourth-order valence-corrected chi connectivity index (χ4v) is 1.66. The van der Waals surface area contributed by atoms with Crippen molar-refractivity contribution in [3.05, 3.63) is 52.3 Å². The van der Waals surface area contributed by atoms with Crippen molar-refractivity contribution >= 4 is 11.7 Å². The van der Waals surface area contributed by atoms with Gasteiger partial charge in [0, 0.05) is 18.3 Å². The molecule has 0 amide bonds. The summed E-state index contributed by atoms with van der Waals surface area (Å²) in [6, 6.07) is 7.50. The molecule has 0 saturated carbocycles. The third-order valence-corrected chi connectivity index (χ3v) is 2.50. The van der Waals surface area contributed by atoms with E-state index >= 15 is 0 Å². The number of carbonyl (C=O) groups is 1. The van der Waals surface area contributed by atoms with Gasteiger partial charge in [0.2, 0.25) is 0 Å². The Kier molecular flexibility index (Phi) is 3.75. The number of ether oxygens (including phenoxy) is 1. The summed E-state index contributed by atoms with van der Waals surface area (Å²) in [5.41, 5.74) is 0.00381. The van der Waals surface area contributed by atoms with Crippen molar-refractivity contribution < 1.29 is 14.5 Å². The molecule has 0 aliphatic rings. The molecule has 0 aliphatic carbocycles. The number of benzene rings is 1. The molecule has 0 N–H and O–H groups in total. The number of aromatic nitrogens is 2. The predicted octanol–water partition coefficient (Wildman–Crippen LogP) is 2.74. The third kappa shape index (κ3) is 3.65. The molecule has 0 fully saturated rings. The first kappa shape index (κ1) is 14.7. The van der Waals surface area contributed by atoms with E-state index in [-0.39, 0.29) is 11.4 Å². The van der Waals surface area contributed by atoms with Crippen molar-refractivity contribution in [1.82, 2.24) is 9.78 Å². The summed E-state index contributed by atoms with van der Waals surface area (Å²) in [5, 5.41) is 14.8. The number of rotatable bonds is 3. The number of esters is 1. The van der Waals surface area contributed by atoms with Crippen molar-refractivity contribution in [2.24, 2.45) is 0 Å². The van der Waals surface area contributed by atoms with Crippen molar-refractivity contribution in [2.45, 2.75) is 26.4 Å². The summed E-state index contributed by atoms with van der Waals surface area (Å²) in [5.74, 6) is -0.535. The molecule has 0 unspecified atom stereocenters. The van der Waals surface area contributed by atoms with E-state index in [0.29, 0.717) is 5.69 Å². The molecule has 1 aromatic heterocycles. The molecular weight excluding hydrogens is 274 g/mol. The van der Waals surface area contributed by atoms with Gasteiger partial charge in [0.05, 0.1) is 10.6 Å². The Hall–Kier alpha value is -2.70. The quantitative estimate of drug-likeness (QED) is 0.492. The Labute approximate surface area is 121 Å². The highest BCUT2D eigenvalue weighted by Crippen LogP contribution is 2.17. The van der Waals surface area contributed by atoms with Crippen LogP contribution in [0, 0.1) is 10.1 Å². The van der Waals surface area contributed by atoms with Crippen molar-refractivity contribution in [1.29, 1.82) is 0 Å². The van der Waals surface area contributed by atoms with Crippen molar-refractivity contribution in [2.75, 3.05) is 0 Å². The molecule has 1 aromatic carbocycles. The minimum atomic E-state index is -0.605. The predicted molar refractivity (Wildman–Crippen MR) is 75.4 cm³/mol. The summed E-state index contributed by atoms with van der Waals surface area (Å²) >= 11 is 0. The van der Waals surface area contributed by atoms with Gasteiger partial charge in [0.25, 0.3) is 5.69 Å². The molecular formula is C14H15N3O4. The van der Waals surface area contributed by atoms with Gasteiger partial charge in [0.15, 0.2) is 5.69 Å². The zero-order valence-electron chi connectivity index (χ0n) is 11.9. The summed E-state index contributed by atoms with van der Waals surface area (Å²) in [6.45, 7) is 5.30. The van der Waals surface area contributed by atoms with E-state index in [1.165, 1.54) is 22.9 Å². The second-order valence-electron chi connectivity index (χ2n) is 5.42. The Balaban J connectivity index is 2.26. The van der Waals surface area contributed by atoms with Crippen LogP contribution >= 0.6 is 0 Å². The molecule has 0 atom stereocenters. The zero-order chi connectivity index (χ0) is 15.6. The lowest BCUT2D eigenvalue weighted by molar-refractivity contribution is -0.384. The van der Waals surface area contributed by atoms with Gasteiger partial charge >= 0.3 is 5.97 Å². The molecule has 2 rings (SSSR count). The lowest BCUT2D eigenvalue weighted by Gasteiger charge is -2.18. The van der Waals surface area contributed by atoms with Crippen LogP contribution in [-0.2, 0) is 4.74 Å². The van der Waals surface area contributed by atoms with Crippen LogP contribution in [0.4, 0.5) is 5.69 Å². The average molecular weight is 289 g/mol. The highest BCUT2D eigenvalue weighted by Gasteiger charge is 2.20. The van der Waals surface area contributed by atoms with Crippen LogP contribution in [-0.4, -0.2) is 26.3 Å². The standard InChI is InChI=1S/C14H15N3O4/c1-14(2,3)21-13(18)12-7-8-16(15-12)10-5-4-6-11(9-10)17(19)20/h4-9H,1-3H3. The third-order valence-electron chi connectivity index (χ3n) is 2.50. The molecule has 2 aromatic rings. The monoisotopic (exact) mass is 289 g/mol. The maximum atomic E-state index is 11.9. The average Bonchev–Trinajstić information content (AvgIpc) is 2.86. The second kappa shape index (κ2) is 5.35. The number of carbonyl (C=O) groups excluding carboxylic acids is 1. The van der Waals surface area contributed by atoms with Crippen molar-refractivity contribution in [3.63, 3.8) is 0 Å². The van der Waals surface area contributed by atoms with Crippen LogP contribution in [0.1, 0.15) is 31.3 Å². The van der Waals surface area contributed by atoms with E-state index in [1.54, 1.807) is 39.1 Å². The Bertz CT molecular complexity index is 686. The molecule has 0 aliphatic heterocycles. The Morgan fingerprint density at radius 2 is 2.05 bits per heavy atom. The molecule has 0 bridgehead atoms. The smallest absolute Gasteiger partial charge is 0.359 e. The van der Waals surface area contributed by atoms with Crippen LogP contribution < -0.4 is 0 Å². The SMILES string of the molecule is CC(C)(C)OC(=O)c1ccn(-c2cccc([N+](=O)[O-])c2)n1. The van der Waals surface area contributed by atoms with Gasteiger partial charge in [-0.25, -0.2) is 9.48 Å². The molecule has 7 nitrogen and oxygen atoms in total. The van der Waals surface area contributed by atoms with E-state index in [0.717, 1.165) is 0 Å². The lowest BCUT2D eigenvalue weighted by atomic mass is 10.2. The van der Waals surface area contributed by atoms with Crippen LogP contribution in [0.15, 0.2) is 36.5 Å². The van der Waals surface area contributed by atoms with Gasteiger partial charge in [0.1, 0.15) is 5.60 Å². The summed E-state index contributed by atoms with van der Waals surface area (Å²) < 4.78 is 6.61. The second-order valence-corrected chi connectivity index (χ2v) is 5.42. The molecule has 7 heteroatoms. The highest BCUT2D eigenvalue weighted by atomic mass is 16.6. The minimum Gasteiger partial charge on any atom is -0.455 e. The maximum Gasteiger partial charge on any atom is 0.359 e. The number of hydrogen-bond donors (Lipinski definition) is 0. The summed E-state index contributed by atoms with van der Waals surface area (Å²) in [4.78, 5) is 22.1. The highest BCUT2D eigenvalue weighted by molar-refractivity contribution is 5.87. The summed E-state index contributed by atoms with van der Waals surface area (Å²) in [6.07, 6.45) is 1.55. The first-order valence-electron chi connectivity index (χ1n) is 6.30. The van der Waals surface area contributed by atoms with Crippen LogP contribution in [0.25, 0.3) is 5.69 Å². The van der Waals surface area contributed by atoms with Gasteiger partial charge in [-0.1, -0.05) is 6.07 Å². The van der Waals surface area contributed by atoms with Gasteiger partial charge in [-0.3, -0.25) is 10.1 Å². The van der Waals surface area contributed by atoms with E-state index in [9.17, 15) is 14.9 Å². The topological polar surface area (TPSA) is 87.3 Å². The first-order chi connectivity index (χ1) is 9.76. The van der Waals surface area contributed by atoms with E-state index < -0.39 is 16.5 Å². The fourth-order valence-electron chi connectivity index (χ4n) is 1.66. The fraction of sp³-hybridized carbons (Fsp3) is 0.286. The number of hydrogen-bond acceptors (Lipinski definition) is 5. The van der Waals surface area contributed by atoms with Crippen LogP contribution in [0.3, 0.4) is 0 Å². The minimum absolute atomic E-state index is 0.0400. The van der Waals surface area contributed by atoms with Gasteiger partial charge in [-0.15, -0.1) is 0 Å². The van der Waals surface area contributed by atoms with E-state index in [1.807, 2.05) is 0 Å². The Morgan fingerprint density at radius 1 is 1.33 bits per heavy atom. The molecule has 0 saturated heterocycles. The molecule has 0 radical (unpaired) electrons. The largest absolute Gasteiger partial charge is 0.455 e. The number of nitrogens with zero attached hydrogens (tertiary/aromatic N) is 3. The molecule has 1 heterocycles. The van der Waals surface area contributed by atoms with E-state index in [4.69, 9.17) is 4.74 Å². The van der Waals surface area contributed by atoms with Crippen molar-refractivity contribution in [3.8, 4) is 5.69 Å². The normalized spacial score (nSPS) is 11.2. The lowest BCUT2D eigenvalue weighted by Crippen LogP contribution is -2.24. The molecule has 0 spiro atoms. The van der Waals surface area contributed by atoms with Gasteiger partial charge in [-0.05, 0) is 32.9 Å². The van der Waals surface area contributed by atoms with Crippen LogP contribution in [0.2, 0.25) is 0 Å². The molecule has 110 valence electrons. The Morgan fingerprint density at radius 3 is 2.67 bits per heavy atom. The first-order valence-corrected chi connectivity index (χ1v) is 6.30. The van der Waals surface area contributed by atoms with E-state index in [2.05, 4.69) is 5.10 Å². The molecule has 21 heavy (non-hydrogen) atoms. The maximum absolute atomic E-state index is 11.9. The van der Waals surface area contributed by atoms with Gasteiger partial charge < -0.3 is 4.74 Å². The number of nitro benzene ring substituents is 1. The summed E-state index contributed by atoms with van der Waals surface area (Å²) in [7, 11) is 0. The van der Waals surface area contributed by atoms with Gasteiger partial charge in [-0.2, -0.15) is 5.10 Å².